The lowest BCUT2D eigenvalue weighted by Crippen LogP contribution is -2.34. The predicted molar refractivity (Wildman–Crippen MR) is 67.5 cm³/mol. The van der Waals surface area contributed by atoms with E-state index in [1.165, 1.54) is 25.7 Å². The molecular formula is C12H23ClN2O. The lowest BCUT2D eigenvalue weighted by atomic mass is 9.89. The molecule has 16 heavy (non-hydrogen) atoms. The summed E-state index contributed by atoms with van der Waals surface area (Å²) in [7, 11) is 0. The SMILES string of the molecule is CC(N)CC(=O)NCC1CC2CCC1C2.Cl. The summed E-state index contributed by atoms with van der Waals surface area (Å²) in [5, 5.41) is 3.02. The van der Waals surface area contributed by atoms with Gasteiger partial charge in [0.25, 0.3) is 0 Å². The molecule has 3 nitrogen and oxygen atoms in total. The van der Waals surface area contributed by atoms with Crippen LogP contribution in [0.3, 0.4) is 0 Å². The Kier molecular flexibility index (Phi) is 5.06. The van der Waals surface area contributed by atoms with Gasteiger partial charge in [-0.1, -0.05) is 6.42 Å². The van der Waals surface area contributed by atoms with Gasteiger partial charge < -0.3 is 11.1 Å². The largest absolute Gasteiger partial charge is 0.356 e. The van der Waals surface area contributed by atoms with Crippen molar-refractivity contribution >= 4 is 18.3 Å². The summed E-state index contributed by atoms with van der Waals surface area (Å²) < 4.78 is 0. The van der Waals surface area contributed by atoms with E-state index >= 15 is 0 Å². The van der Waals surface area contributed by atoms with Crippen LogP contribution in [0.1, 0.15) is 39.0 Å². The number of nitrogens with two attached hydrogens (primary N) is 1. The van der Waals surface area contributed by atoms with E-state index in [-0.39, 0.29) is 24.4 Å². The standard InChI is InChI=1S/C12H22N2O.ClH/c1-8(13)4-12(15)14-7-11-6-9-2-3-10(11)5-9;/h8-11H,2-7,13H2,1H3,(H,14,15);1H. The fourth-order valence-corrected chi connectivity index (χ4v) is 3.24. The molecule has 0 aromatic rings. The number of hydrogen-bond donors (Lipinski definition) is 2. The number of rotatable bonds is 4. The molecule has 0 heterocycles. The van der Waals surface area contributed by atoms with Crippen molar-refractivity contribution in [3.05, 3.63) is 0 Å². The fraction of sp³-hybridized carbons (Fsp3) is 0.917. The van der Waals surface area contributed by atoms with Crippen LogP contribution >= 0.6 is 12.4 Å². The van der Waals surface area contributed by atoms with Crippen molar-refractivity contribution in [2.24, 2.45) is 23.5 Å². The van der Waals surface area contributed by atoms with E-state index in [0.29, 0.717) is 6.42 Å². The molecule has 2 rings (SSSR count). The number of hydrogen-bond acceptors (Lipinski definition) is 2. The Morgan fingerprint density at radius 3 is 2.69 bits per heavy atom. The molecular weight excluding hydrogens is 224 g/mol. The fourth-order valence-electron chi connectivity index (χ4n) is 3.24. The first-order valence-corrected chi connectivity index (χ1v) is 6.17. The molecule has 2 aliphatic rings. The number of halogens is 1. The van der Waals surface area contributed by atoms with Crippen LogP contribution in [0.2, 0.25) is 0 Å². The number of amides is 1. The highest BCUT2D eigenvalue weighted by Gasteiger charge is 2.39. The van der Waals surface area contributed by atoms with Crippen molar-refractivity contribution < 1.29 is 4.79 Å². The highest BCUT2D eigenvalue weighted by Crippen LogP contribution is 2.47. The number of carbonyl (C=O) groups is 1. The van der Waals surface area contributed by atoms with Crippen molar-refractivity contribution in [2.75, 3.05) is 6.54 Å². The average molecular weight is 247 g/mol. The Bertz CT molecular complexity index is 245. The zero-order valence-electron chi connectivity index (χ0n) is 9.95. The maximum atomic E-state index is 11.4. The molecule has 2 bridgehead atoms. The Morgan fingerprint density at radius 2 is 2.19 bits per heavy atom. The Balaban J connectivity index is 0.00000128. The third-order valence-electron chi connectivity index (χ3n) is 3.95. The van der Waals surface area contributed by atoms with Gasteiger partial charge in [0.1, 0.15) is 0 Å². The molecule has 2 aliphatic carbocycles. The van der Waals surface area contributed by atoms with Gasteiger partial charge in [0.15, 0.2) is 0 Å². The Hall–Kier alpha value is -0.280. The van der Waals surface area contributed by atoms with Gasteiger partial charge in [0.05, 0.1) is 0 Å². The van der Waals surface area contributed by atoms with Gasteiger partial charge in [-0.25, -0.2) is 0 Å². The third kappa shape index (κ3) is 3.36. The number of carbonyl (C=O) groups excluding carboxylic acids is 1. The molecule has 94 valence electrons. The van der Waals surface area contributed by atoms with E-state index in [0.717, 1.165) is 24.3 Å². The molecule has 0 spiro atoms. The molecule has 0 aromatic carbocycles. The van der Waals surface area contributed by atoms with E-state index in [1.807, 2.05) is 6.92 Å². The molecule has 2 fully saturated rings. The molecule has 0 aromatic heterocycles. The smallest absolute Gasteiger partial charge is 0.221 e. The molecule has 4 unspecified atom stereocenters. The van der Waals surface area contributed by atoms with Gasteiger partial charge in [0.2, 0.25) is 5.91 Å². The van der Waals surface area contributed by atoms with Crippen LogP contribution < -0.4 is 11.1 Å². The highest BCUT2D eigenvalue weighted by molar-refractivity contribution is 5.85. The zero-order chi connectivity index (χ0) is 10.8. The molecule has 3 N–H and O–H groups in total. The lowest BCUT2D eigenvalue weighted by molar-refractivity contribution is -0.121. The minimum atomic E-state index is -0.0231. The topological polar surface area (TPSA) is 55.1 Å². The summed E-state index contributed by atoms with van der Waals surface area (Å²) in [6, 6.07) is -0.0231. The molecule has 4 atom stereocenters. The first kappa shape index (κ1) is 13.8. The Labute approximate surface area is 104 Å². The summed E-state index contributed by atoms with van der Waals surface area (Å²) in [4.78, 5) is 11.4. The van der Waals surface area contributed by atoms with Crippen LogP contribution in [-0.2, 0) is 4.79 Å². The van der Waals surface area contributed by atoms with Crippen LogP contribution in [0, 0.1) is 17.8 Å². The van der Waals surface area contributed by atoms with Crippen molar-refractivity contribution in [3.8, 4) is 0 Å². The second kappa shape index (κ2) is 5.87. The van der Waals surface area contributed by atoms with Crippen LogP contribution in [0.4, 0.5) is 0 Å². The van der Waals surface area contributed by atoms with Gasteiger partial charge in [-0.3, -0.25) is 4.79 Å². The summed E-state index contributed by atoms with van der Waals surface area (Å²) >= 11 is 0. The van der Waals surface area contributed by atoms with E-state index in [1.54, 1.807) is 0 Å². The number of fused-ring (bicyclic) bond motifs is 2. The molecule has 0 radical (unpaired) electrons. The number of nitrogens with one attached hydrogen (secondary N) is 1. The van der Waals surface area contributed by atoms with Crippen LogP contribution in [0.25, 0.3) is 0 Å². The highest BCUT2D eigenvalue weighted by atomic mass is 35.5. The van der Waals surface area contributed by atoms with Crippen molar-refractivity contribution in [1.82, 2.24) is 5.32 Å². The molecule has 2 saturated carbocycles. The Morgan fingerprint density at radius 1 is 1.44 bits per heavy atom. The summed E-state index contributed by atoms with van der Waals surface area (Å²) in [5.74, 6) is 2.73. The van der Waals surface area contributed by atoms with E-state index in [4.69, 9.17) is 5.73 Å². The van der Waals surface area contributed by atoms with Gasteiger partial charge >= 0.3 is 0 Å². The molecule has 4 heteroatoms. The minimum absolute atomic E-state index is 0. The second-order valence-electron chi connectivity index (χ2n) is 5.42. The second-order valence-corrected chi connectivity index (χ2v) is 5.42. The van der Waals surface area contributed by atoms with Crippen molar-refractivity contribution in [2.45, 2.75) is 45.1 Å². The summed E-state index contributed by atoms with van der Waals surface area (Å²) in [6.45, 7) is 2.75. The van der Waals surface area contributed by atoms with Crippen LogP contribution in [0.15, 0.2) is 0 Å². The average Bonchev–Trinajstić information content (AvgIpc) is 2.74. The first-order valence-electron chi connectivity index (χ1n) is 6.17. The van der Waals surface area contributed by atoms with Gasteiger partial charge in [0, 0.05) is 19.0 Å². The van der Waals surface area contributed by atoms with Crippen molar-refractivity contribution in [3.63, 3.8) is 0 Å². The van der Waals surface area contributed by atoms with Crippen molar-refractivity contribution in [1.29, 1.82) is 0 Å². The summed E-state index contributed by atoms with van der Waals surface area (Å²) in [5.41, 5.74) is 5.58. The molecule has 1 amide bonds. The summed E-state index contributed by atoms with van der Waals surface area (Å²) in [6.07, 6.45) is 6.02. The van der Waals surface area contributed by atoms with E-state index in [2.05, 4.69) is 5.32 Å². The monoisotopic (exact) mass is 246 g/mol. The minimum Gasteiger partial charge on any atom is -0.356 e. The van der Waals surface area contributed by atoms with Gasteiger partial charge in [-0.15, -0.1) is 12.4 Å². The van der Waals surface area contributed by atoms with Crippen LogP contribution in [-0.4, -0.2) is 18.5 Å². The maximum Gasteiger partial charge on any atom is 0.221 e. The maximum absolute atomic E-state index is 11.4. The molecule has 0 saturated heterocycles. The third-order valence-corrected chi connectivity index (χ3v) is 3.95. The lowest BCUT2D eigenvalue weighted by Gasteiger charge is -2.22. The van der Waals surface area contributed by atoms with Gasteiger partial charge in [-0.2, -0.15) is 0 Å². The van der Waals surface area contributed by atoms with E-state index in [9.17, 15) is 4.79 Å². The quantitative estimate of drug-likeness (QED) is 0.793. The normalized spacial score (nSPS) is 33.2. The zero-order valence-corrected chi connectivity index (χ0v) is 10.8. The van der Waals surface area contributed by atoms with E-state index < -0.39 is 0 Å². The predicted octanol–water partition coefficient (Wildman–Crippen LogP) is 1.70. The molecule has 0 aliphatic heterocycles. The first-order chi connectivity index (χ1) is 7.15. The van der Waals surface area contributed by atoms with Crippen LogP contribution in [0.5, 0.6) is 0 Å². The van der Waals surface area contributed by atoms with Gasteiger partial charge in [-0.05, 0) is 43.9 Å².